The molecule has 1 N–H and O–H groups in total. The Morgan fingerprint density at radius 1 is 1.24 bits per heavy atom. The fourth-order valence-electron chi connectivity index (χ4n) is 3.53. The van der Waals surface area contributed by atoms with E-state index in [1.165, 1.54) is 0 Å². The van der Waals surface area contributed by atoms with Gasteiger partial charge >= 0.3 is 0 Å². The summed E-state index contributed by atoms with van der Waals surface area (Å²) < 4.78 is 0. The third-order valence-corrected chi connectivity index (χ3v) is 5.72. The van der Waals surface area contributed by atoms with Crippen molar-refractivity contribution in [2.45, 2.75) is 25.8 Å². The fourth-order valence-corrected chi connectivity index (χ4v) is 4.19. The number of carbonyl (C=O) groups excluding carboxylic acids is 2. The van der Waals surface area contributed by atoms with Gasteiger partial charge in [0.05, 0.1) is 6.42 Å². The molecule has 8 nitrogen and oxygen atoms in total. The Morgan fingerprint density at radius 2 is 2.07 bits per heavy atom. The molecule has 150 valence electrons. The second-order valence-corrected chi connectivity index (χ2v) is 7.81. The number of hydrogen-bond donors (Lipinski definition) is 1. The van der Waals surface area contributed by atoms with Gasteiger partial charge in [0, 0.05) is 37.6 Å². The molecule has 0 radical (unpaired) electrons. The van der Waals surface area contributed by atoms with Crippen molar-refractivity contribution in [2.75, 3.05) is 19.6 Å². The summed E-state index contributed by atoms with van der Waals surface area (Å²) in [5, 5.41) is 11.1. The highest BCUT2D eigenvalue weighted by atomic mass is 32.1. The van der Waals surface area contributed by atoms with E-state index >= 15 is 0 Å². The van der Waals surface area contributed by atoms with Gasteiger partial charge in [-0.3, -0.25) is 19.7 Å². The maximum atomic E-state index is 13.2. The van der Waals surface area contributed by atoms with Gasteiger partial charge < -0.3 is 9.80 Å². The van der Waals surface area contributed by atoms with Gasteiger partial charge in [0.1, 0.15) is 11.9 Å². The van der Waals surface area contributed by atoms with Crippen LogP contribution in [0.15, 0.2) is 41.4 Å². The number of H-pyrrole nitrogens is 1. The molecule has 1 saturated heterocycles. The second kappa shape index (κ2) is 8.52. The van der Waals surface area contributed by atoms with Gasteiger partial charge in [-0.05, 0) is 47.9 Å². The number of nitrogens with one attached hydrogen (secondary N) is 1. The van der Waals surface area contributed by atoms with Crippen molar-refractivity contribution in [1.29, 1.82) is 0 Å². The molecule has 1 aliphatic rings. The quantitative estimate of drug-likeness (QED) is 0.712. The van der Waals surface area contributed by atoms with Crippen LogP contribution in [0.3, 0.4) is 0 Å². The third-order valence-electron chi connectivity index (χ3n) is 4.99. The van der Waals surface area contributed by atoms with E-state index in [2.05, 4.69) is 20.2 Å². The summed E-state index contributed by atoms with van der Waals surface area (Å²) in [7, 11) is 0. The molecule has 1 fully saturated rings. The molecule has 1 aliphatic heterocycles. The summed E-state index contributed by atoms with van der Waals surface area (Å²) in [6.07, 6.45) is 4.27. The lowest BCUT2D eigenvalue weighted by atomic mass is 10.1. The number of thiophene rings is 1. The molecule has 3 aromatic heterocycles. The zero-order valence-electron chi connectivity index (χ0n) is 16.1. The topological polar surface area (TPSA) is 95.1 Å². The third kappa shape index (κ3) is 4.34. The Hall–Kier alpha value is -3.07. The van der Waals surface area contributed by atoms with Gasteiger partial charge in [0.15, 0.2) is 5.82 Å². The van der Waals surface area contributed by atoms with Gasteiger partial charge in [-0.15, -0.1) is 0 Å². The zero-order valence-corrected chi connectivity index (χ0v) is 16.9. The molecule has 0 aromatic carbocycles. The van der Waals surface area contributed by atoms with Gasteiger partial charge in [-0.2, -0.15) is 16.4 Å². The average Bonchev–Trinajstić information content (AvgIpc) is 3.34. The predicted molar refractivity (Wildman–Crippen MR) is 108 cm³/mol. The molecule has 2 amide bonds. The Morgan fingerprint density at radius 3 is 2.76 bits per heavy atom. The highest BCUT2D eigenvalue weighted by molar-refractivity contribution is 7.08. The number of aromatic amines is 1. The highest BCUT2D eigenvalue weighted by Crippen LogP contribution is 2.25. The maximum Gasteiger partial charge on any atom is 0.254 e. The van der Waals surface area contributed by atoms with E-state index in [1.54, 1.807) is 40.8 Å². The van der Waals surface area contributed by atoms with Crippen LogP contribution in [-0.4, -0.2) is 61.4 Å². The average molecular weight is 411 g/mol. The summed E-state index contributed by atoms with van der Waals surface area (Å²) in [6, 6.07) is 4.96. The standard InChI is InChI=1S/C20H22N6O2S/c1-14-22-19(24-23-14)17-12-25(18(27)11-15-5-10-29-13-15)8-2-9-26(17)20(28)16-3-6-21-7-4-16/h3-7,10,13,17H,2,8-9,11-12H2,1H3,(H,22,23,24). The van der Waals surface area contributed by atoms with Crippen LogP contribution < -0.4 is 0 Å². The number of amides is 2. The molecule has 4 heterocycles. The monoisotopic (exact) mass is 410 g/mol. The second-order valence-electron chi connectivity index (χ2n) is 7.03. The summed E-state index contributed by atoms with van der Waals surface area (Å²) in [5.74, 6) is 1.16. The lowest BCUT2D eigenvalue weighted by Crippen LogP contribution is -2.41. The Bertz CT molecular complexity index is 972. The highest BCUT2D eigenvalue weighted by Gasteiger charge is 2.34. The smallest absolute Gasteiger partial charge is 0.254 e. The van der Waals surface area contributed by atoms with Crippen molar-refractivity contribution in [3.8, 4) is 0 Å². The molecule has 0 spiro atoms. The Balaban J connectivity index is 1.60. The zero-order chi connectivity index (χ0) is 20.2. The van der Waals surface area contributed by atoms with Crippen molar-refractivity contribution in [3.05, 3.63) is 64.1 Å². The molecule has 1 atom stereocenters. The van der Waals surface area contributed by atoms with Crippen LogP contribution in [0, 0.1) is 6.92 Å². The van der Waals surface area contributed by atoms with E-state index in [0.29, 0.717) is 49.7 Å². The Labute approximate surface area is 172 Å². The van der Waals surface area contributed by atoms with E-state index in [-0.39, 0.29) is 11.8 Å². The first-order chi connectivity index (χ1) is 14.1. The van der Waals surface area contributed by atoms with Crippen molar-refractivity contribution in [1.82, 2.24) is 30.0 Å². The van der Waals surface area contributed by atoms with E-state index < -0.39 is 6.04 Å². The number of hydrogen-bond acceptors (Lipinski definition) is 6. The van der Waals surface area contributed by atoms with Crippen LogP contribution in [0.1, 0.15) is 40.0 Å². The maximum absolute atomic E-state index is 13.2. The minimum absolute atomic E-state index is 0.0545. The lowest BCUT2D eigenvalue weighted by molar-refractivity contribution is -0.130. The van der Waals surface area contributed by atoms with Crippen molar-refractivity contribution in [3.63, 3.8) is 0 Å². The number of rotatable bonds is 4. The summed E-state index contributed by atoms with van der Waals surface area (Å²) >= 11 is 1.58. The Kier molecular flexibility index (Phi) is 5.66. The van der Waals surface area contributed by atoms with E-state index in [4.69, 9.17) is 0 Å². The molecule has 0 bridgehead atoms. The van der Waals surface area contributed by atoms with E-state index in [9.17, 15) is 9.59 Å². The van der Waals surface area contributed by atoms with Crippen LogP contribution in [0.5, 0.6) is 0 Å². The summed E-state index contributed by atoms with van der Waals surface area (Å²) in [4.78, 5) is 38.2. The van der Waals surface area contributed by atoms with Gasteiger partial charge in [-0.25, -0.2) is 4.98 Å². The van der Waals surface area contributed by atoms with Crippen LogP contribution >= 0.6 is 11.3 Å². The largest absolute Gasteiger partial charge is 0.340 e. The first-order valence-electron chi connectivity index (χ1n) is 9.50. The molecule has 3 aromatic rings. The van der Waals surface area contributed by atoms with Gasteiger partial charge in [-0.1, -0.05) is 0 Å². The normalized spacial score (nSPS) is 17.2. The number of aryl methyl sites for hydroxylation is 1. The van der Waals surface area contributed by atoms with Crippen molar-refractivity contribution >= 4 is 23.2 Å². The molecule has 1 unspecified atom stereocenters. The molecule has 29 heavy (non-hydrogen) atoms. The van der Waals surface area contributed by atoms with Crippen LogP contribution in [0.4, 0.5) is 0 Å². The van der Waals surface area contributed by atoms with Crippen molar-refractivity contribution < 1.29 is 9.59 Å². The fraction of sp³-hybridized carbons (Fsp3) is 0.350. The van der Waals surface area contributed by atoms with E-state index in [1.807, 2.05) is 28.7 Å². The SMILES string of the molecule is Cc1nc(C2CN(C(=O)Cc3ccsc3)CCCN2C(=O)c2ccncc2)n[nH]1. The van der Waals surface area contributed by atoms with Crippen LogP contribution in [0.2, 0.25) is 0 Å². The number of pyridine rings is 1. The van der Waals surface area contributed by atoms with Gasteiger partial charge in [0.2, 0.25) is 5.91 Å². The van der Waals surface area contributed by atoms with Gasteiger partial charge in [0.25, 0.3) is 5.91 Å². The number of nitrogens with zero attached hydrogens (tertiary/aromatic N) is 5. The van der Waals surface area contributed by atoms with Crippen LogP contribution in [0.25, 0.3) is 0 Å². The first-order valence-corrected chi connectivity index (χ1v) is 10.4. The molecular weight excluding hydrogens is 388 g/mol. The molecular formula is C20H22N6O2S. The minimum atomic E-state index is -0.408. The minimum Gasteiger partial charge on any atom is -0.340 e. The van der Waals surface area contributed by atoms with Crippen LogP contribution in [-0.2, 0) is 11.2 Å². The number of carbonyl (C=O) groups is 2. The molecule has 9 heteroatoms. The first kappa shape index (κ1) is 19.3. The summed E-state index contributed by atoms with van der Waals surface area (Å²) in [5.41, 5.74) is 1.58. The van der Waals surface area contributed by atoms with Crippen molar-refractivity contribution in [2.24, 2.45) is 0 Å². The summed E-state index contributed by atoms with van der Waals surface area (Å²) in [6.45, 7) is 3.32. The molecule has 4 rings (SSSR count). The number of aromatic nitrogens is 4. The van der Waals surface area contributed by atoms with E-state index in [0.717, 1.165) is 5.56 Å². The predicted octanol–water partition coefficient (Wildman–Crippen LogP) is 2.23. The molecule has 0 saturated carbocycles. The lowest BCUT2D eigenvalue weighted by Gasteiger charge is -2.30. The molecule has 0 aliphatic carbocycles.